The lowest BCUT2D eigenvalue weighted by molar-refractivity contribution is 0.934. The molecule has 1 aromatic carbocycles. The van der Waals surface area contributed by atoms with Gasteiger partial charge in [0.2, 0.25) is 0 Å². The van der Waals surface area contributed by atoms with Crippen molar-refractivity contribution in [2.24, 2.45) is 5.73 Å². The molecule has 18 heavy (non-hydrogen) atoms. The number of nitrogens with zero attached hydrogens (tertiary/aromatic N) is 2. The molecule has 0 spiro atoms. The van der Waals surface area contributed by atoms with Gasteiger partial charge in [-0.3, -0.25) is 0 Å². The number of benzene rings is 1. The summed E-state index contributed by atoms with van der Waals surface area (Å²) < 4.78 is 1.62. The smallest absolute Gasteiger partial charge is 0.193 e. The third-order valence-corrected chi connectivity index (χ3v) is 3.43. The van der Waals surface area contributed by atoms with Gasteiger partial charge in [-0.15, -0.1) is 0 Å². The van der Waals surface area contributed by atoms with Gasteiger partial charge in [0, 0.05) is 17.7 Å². The molecule has 4 nitrogen and oxygen atoms in total. The van der Waals surface area contributed by atoms with Crippen molar-refractivity contribution in [3.05, 3.63) is 35.4 Å². The molecule has 0 bridgehead atoms. The minimum absolute atomic E-state index is 0.278. The van der Waals surface area contributed by atoms with Crippen LogP contribution < -0.4 is 11.1 Å². The molecular formula is C13H14N4S. The van der Waals surface area contributed by atoms with Gasteiger partial charge in [0.05, 0.1) is 5.69 Å². The highest BCUT2D eigenvalue weighted by Crippen LogP contribution is 2.33. The minimum Gasteiger partial charge on any atom is -0.374 e. The summed E-state index contributed by atoms with van der Waals surface area (Å²) in [5, 5.41) is 8.12. The van der Waals surface area contributed by atoms with Gasteiger partial charge in [0.1, 0.15) is 5.82 Å². The van der Waals surface area contributed by atoms with Crippen LogP contribution in [0.3, 0.4) is 0 Å². The average Bonchev–Trinajstić information content (AvgIpc) is 2.90. The first-order valence-corrected chi connectivity index (χ1v) is 6.31. The normalized spacial score (nSPS) is 13.2. The van der Waals surface area contributed by atoms with E-state index >= 15 is 0 Å². The number of hydrogen-bond donors (Lipinski definition) is 2. The van der Waals surface area contributed by atoms with Crippen molar-refractivity contribution < 1.29 is 0 Å². The summed E-state index contributed by atoms with van der Waals surface area (Å²) in [5.41, 5.74) is 10.3. The molecule has 1 aromatic heterocycles. The number of aryl methyl sites for hydroxylation is 1. The summed E-state index contributed by atoms with van der Waals surface area (Å²) in [5.74, 6) is 0.945. The van der Waals surface area contributed by atoms with Crippen LogP contribution in [0.4, 0.5) is 5.82 Å². The monoisotopic (exact) mass is 258 g/mol. The molecule has 5 heteroatoms. The maximum Gasteiger partial charge on any atom is 0.193 e. The molecule has 1 aliphatic heterocycles. The number of hydrogen-bond acceptors (Lipinski definition) is 3. The van der Waals surface area contributed by atoms with Crippen LogP contribution in [0.1, 0.15) is 11.1 Å². The van der Waals surface area contributed by atoms with E-state index in [1.165, 1.54) is 11.1 Å². The van der Waals surface area contributed by atoms with E-state index in [-0.39, 0.29) is 5.11 Å². The number of nitrogens with one attached hydrogen (secondary N) is 1. The summed E-state index contributed by atoms with van der Waals surface area (Å²) in [6.07, 6.45) is 0.960. The van der Waals surface area contributed by atoms with Crippen LogP contribution in [0.2, 0.25) is 0 Å². The van der Waals surface area contributed by atoms with Crippen molar-refractivity contribution in [2.75, 3.05) is 11.9 Å². The Bertz CT molecular complexity index is 630. The third kappa shape index (κ3) is 1.59. The molecule has 3 rings (SSSR count). The van der Waals surface area contributed by atoms with E-state index in [2.05, 4.69) is 29.5 Å². The van der Waals surface area contributed by atoms with Gasteiger partial charge in [-0.1, -0.05) is 24.3 Å². The van der Waals surface area contributed by atoms with Crippen LogP contribution in [0, 0.1) is 6.92 Å². The zero-order valence-corrected chi connectivity index (χ0v) is 10.9. The molecule has 0 unspecified atom stereocenters. The fourth-order valence-corrected chi connectivity index (χ4v) is 2.52. The van der Waals surface area contributed by atoms with Crippen LogP contribution >= 0.6 is 12.2 Å². The van der Waals surface area contributed by atoms with E-state index in [9.17, 15) is 0 Å². The molecule has 2 heterocycles. The molecule has 0 atom stereocenters. The molecule has 3 N–H and O–H groups in total. The quantitative estimate of drug-likeness (QED) is 0.767. The topological polar surface area (TPSA) is 55.9 Å². The Morgan fingerprint density at radius 1 is 1.44 bits per heavy atom. The summed E-state index contributed by atoms with van der Waals surface area (Å²) in [6.45, 7) is 3.00. The van der Waals surface area contributed by atoms with Gasteiger partial charge in [-0.2, -0.15) is 9.78 Å². The molecule has 0 radical (unpaired) electrons. The van der Waals surface area contributed by atoms with Crippen LogP contribution in [0.15, 0.2) is 24.3 Å². The Hall–Kier alpha value is -1.88. The maximum absolute atomic E-state index is 5.71. The lowest BCUT2D eigenvalue weighted by Gasteiger charge is -2.04. The maximum atomic E-state index is 5.71. The lowest BCUT2D eigenvalue weighted by atomic mass is 10.0. The number of fused-ring (bicyclic) bond motifs is 1. The zero-order chi connectivity index (χ0) is 12.7. The first-order valence-electron chi connectivity index (χ1n) is 5.90. The van der Waals surface area contributed by atoms with Crippen LogP contribution in [-0.2, 0) is 6.42 Å². The van der Waals surface area contributed by atoms with Crippen molar-refractivity contribution in [3.8, 4) is 11.3 Å². The highest BCUT2D eigenvalue weighted by Gasteiger charge is 2.24. The predicted molar refractivity (Wildman–Crippen MR) is 76.8 cm³/mol. The fraction of sp³-hybridized carbons (Fsp3) is 0.231. The Balaban J connectivity index is 2.23. The summed E-state index contributed by atoms with van der Waals surface area (Å²) >= 11 is 5.04. The number of anilines is 1. The molecule has 0 saturated carbocycles. The fourth-order valence-electron chi connectivity index (χ4n) is 2.39. The number of aromatic nitrogens is 2. The Morgan fingerprint density at radius 3 is 2.94 bits per heavy atom. The second-order valence-electron chi connectivity index (χ2n) is 4.42. The molecule has 0 amide bonds. The van der Waals surface area contributed by atoms with Gasteiger partial charge in [0.15, 0.2) is 5.11 Å². The van der Waals surface area contributed by atoms with Crippen molar-refractivity contribution in [1.29, 1.82) is 0 Å². The van der Waals surface area contributed by atoms with E-state index in [0.29, 0.717) is 0 Å². The number of rotatable bonds is 1. The van der Waals surface area contributed by atoms with Gasteiger partial charge in [-0.05, 0) is 31.1 Å². The first-order chi connectivity index (χ1) is 8.68. The summed E-state index contributed by atoms with van der Waals surface area (Å²) in [6, 6.07) is 8.23. The minimum atomic E-state index is 0.278. The number of thiocarbonyl (C=S) groups is 1. The second kappa shape index (κ2) is 4.10. The second-order valence-corrected chi connectivity index (χ2v) is 4.84. The van der Waals surface area contributed by atoms with Crippen molar-refractivity contribution in [1.82, 2.24) is 9.78 Å². The first kappa shape index (κ1) is 11.2. The molecule has 0 fully saturated rings. The van der Waals surface area contributed by atoms with E-state index in [0.717, 1.165) is 30.0 Å². The molecule has 0 aliphatic carbocycles. The number of nitrogens with two attached hydrogens (primary N) is 1. The average molecular weight is 258 g/mol. The van der Waals surface area contributed by atoms with Crippen molar-refractivity contribution >= 4 is 23.1 Å². The molecular weight excluding hydrogens is 244 g/mol. The summed E-state index contributed by atoms with van der Waals surface area (Å²) in [7, 11) is 0. The van der Waals surface area contributed by atoms with Gasteiger partial charge in [0.25, 0.3) is 0 Å². The largest absolute Gasteiger partial charge is 0.374 e. The Kier molecular flexibility index (Phi) is 2.56. The summed E-state index contributed by atoms with van der Waals surface area (Å²) in [4.78, 5) is 0. The highest BCUT2D eigenvalue weighted by molar-refractivity contribution is 7.80. The molecule has 92 valence electrons. The third-order valence-electron chi connectivity index (χ3n) is 3.26. The van der Waals surface area contributed by atoms with Gasteiger partial charge >= 0.3 is 0 Å². The predicted octanol–water partition coefficient (Wildman–Crippen LogP) is 1.92. The van der Waals surface area contributed by atoms with Gasteiger partial charge < -0.3 is 11.1 Å². The van der Waals surface area contributed by atoms with Crippen LogP contribution in [0.25, 0.3) is 11.3 Å². The molecule has 2 aromatic rings. The molecule has 1 aliphatic rings. The molecule has 0 saturated heterocycles. The van der Waals surface area contributed by atoms with Crippen LogP contribution in [-0.4, -0.2) is 21.4 Å². The van der Waals surface area contributed by atoms with Crippen molar-refractivity contribution in [2.45, 2.75) is 13.3 Å². The Morgan fingerprint density at radius 2 is 2.22 bits per heavy atom. The van der Waals surface area contributed by atoms with Gasteiger partial charge in [-0.25, -0.2) is 0 Å². The SMILES string of the molecule is Cc1ccccc1-c1nn(C(N)=S)c2c1CCN2. The zero-order valence-electron chi connectivity index (χ0n) is 10.1. The Labute approximate surface area is 111 Å². The standard InChI is InChI=1S/C13H14N4S/c1-8-4-2-3-5-9(8)11-10-6-7-15-12(10)17(16-11)13(14)18/h2-5,15H,6-7H2,1H3,(H2,14,18). The lowest BCUT2D eigenvalue weighted by Crippen LogP contribution is -2.22. The highest BCUT2D eigenvalue weighted by atomic mass is 32.1. The van der Waals surface area contributed by atoms with E-state index < -0.39 is 0 Å². The van der Waals surface area contributed by atoms with E-state index in [1.54, 1.807) is 4.68 Å². The van der Waals surface area contributed by atoms with Crippen LogP contribution in [0.5, 0.6) is 0 Å². The van der Waals surface area contributed by atoms with E-state index in [1.807, 2.05) is 12.1 Å². The van der Waals surface area contributed by atoms with E-state index in [4.69, 9.17) is 18.0 Å². The van der Waals surface area contributed by atoms with Crippen molar-refractivity contribution in [3.63, 3.8) is 0 Å².